The molecule has 1 atom stereocenters. The molecule has 0 unspecified atom stereocenters. The van der Waals surface area contributed by atoms with Crippen LogP contribution in [-0.2, 0) is 22.6 Å². The molecule has 8 heteroatoms. The number of carbonyl (C=O) groups excluding carboxylic acids is 3. The Labute approximate surface area is 198 Å². The van der Waals surface area contributed by atoms with Crippen LogP contribution < -0.4 is 10.2 Å². The average molecular weight is 461 g/mol. The van der Waals surface area contributed by atoms with Crippen LogP contribution in [0.1, 0.15) is 50.2 Å². The Balaban J connectivity index is 1.77. The second kappa shape index (κ2) is 8.78. The molecule has 176 valence electrons. The number of rotatable bonds is 5. The number of amides is 2. The molecule has 0 saturated carbocycles. The van der Waals surface area contributed by atoms with Gasteiger partial charge in [-0.2, -0.15) is 0 Å². The third-order valence-corrected chi connectivity index (χ3v) is 6.25. The van der Waals surface area contributed by atoms with Gasteiger partial charge in [-0.3, -0.25) is 14.5 Å². The van der Waals surface area contributed by atoms with Gasteiger partial charge in [0.25, 0.3) is 5.91 Å². The molecule has 0 bridgehead atoms. The lowest BCUT2D eigenvalue weighted by Gasteiger charge is -2.44. The minimum atomic E-state index is -1.26. The highest BCUT2D eigenvalue weighted by molar-refractivity contribution is 6.15. The second-order valence-electron chi connectivity index (χ2n) is 8.93. The maximum atomic E-state index is 13.9. The number of ether oxygens (including phenoxy) is 1. The number of hydrogen-bond donors (Lipinski definition) is 1. The van der Waals surface area contributed by atoms with Crippen molar-refractivity contribution in [3.63, 3.8) is 0 Å². The first kappa shape index (κ1) is 23.2. The molecule has 1 N–H and O–H groups in total. The summed E-state index contributed by atoms with van der Waals surface area (Å²) < 4.78 is 6.38. The van der Waals surface area contributed by atoms with E-state index in [1.54, 1.807) is 11.5 Å². The Morgan fingerprint density at radius 2 is 1.76 bits per heavy atom. The largest absolute Gasteiger partial charge is 0.464 e. The first-order valence-electron chi connectivity index (χ1n) is 11.0. The fraction of sp³-hybridized carbons (Fsp3) is 0.308. The first-order valence-corrected chi connectivity index (χ1v) is 11.0. The fourth-order valence-electron chi connectivity index (χ4n) is 4.39. The molecular weight excluding hydrogens is 432 g/mol. The van der Waals surface area contributed by atoms with E-state index >= 15 is 0 Å². The molecule has 34 heavy (non-hydrogen) atoms. The summed E-state index contributed by atoms with van der Waals surface area (Å²) in [4.78, 5) is 45.4. The van der Waals surface area contributed by atoms with E-state index in [2.05, 4.69) is 10.3 Å². The number of anilines is 1. The SMILES string of the molecule is COC(=O)c1ncn2c1C(=O)N(c1ccc(C)cc1C)[C@](C)(C(=O)NCc1ccc(C)cc1)C2. The Morgan fingerprint density at radius 3 is 2.41 bits per heavy atom. The quantitative estimate of drug-likeness (QED) is 0.590. The summed E-state index contributed by atoms with van der Waals surface area (Å²) in [5.41, 5.74) is 3.36. The third kappa shape index (κ3) is 3.96. The summed E-state index contributed by atoms with van der Waals surface area (Å²) in [6, 6.07) is 13.6. The average Bonchev–Trinajstić information content (AvgIpc) is 3.23. The van der Waals surface area contributed by atoms with Gasteiger partial charge in [-0.15, -0.1) is 0 Å². The minimum Gasteiger partial charge on any atom is -0.464 e. The number of hydrogen-bond acceptors (Lipinski definition) is 5. The molecule has 4 rings (SSSR count). The maximum Gasteiger partial charge on any atom is 0.359 e. The summed E-state index contributed by atoms with van der Waals surface area (Å²) in [5.74, 6) is -1.49. The van der Waals surface area contributed by atoms with E-state index < -0.39 is 17.4 Å². The number of fused-ring (bicyclic) bond motifs is 1. The lowest BCUT2D eigenvalue weighted by Crippen LogP contribution is -2.64. The first-order chi connectivity index (χ1) is 16.2. The van der Waals surface area contributed by atoms with Gasteiger partial charge >= 0.3 is 5.97 Å². The molecule has 0 radical (unpaired) electrons. The smallest absolute Gasteiger partial charge is 0.359 e. The number of aryl methyl sites for hydroxylation is 3. The number of aromatic nitrogens is 2. The van der Waals surface area contributed by atoms with Crippen molar-refractivity contribution >= 4 is 23.5 Å². The molecular formula is C26H28N4O4. The zero-order chi connectivity index (χ0) is 24.6. The van der Waals surface area contributed by atoms with E-state index in [4.69, 9.17) is 4.74 Å². The molecule has 0 fully saturated rings. The van der Waals surface area contributed by atoms with Gasteiger partial charge < -0.3 is 14.6 Å². The number of benzene rings is 2. The van der Waals surface area contributed by atoms with Crippen LogP contribution in [0.25, 0.3) is 0 Å². The number of nitrogens with one attached hydrogen (secondary N) is 1. The summed E-state index contributed by atoms with van der Waals surface area (Å²) in [6.07, 6.45) is 1.41. The van der Waals surface area contributed by atoms with Crippen LogP contribution in [0.4, 0.5) is 5.69 Å². The lowest BCUT2D eigenvalue weighted by molar-refractivity contribution is -0.126. The summed E-state index contributed by atoms with van der Waals surface area (Å²) in [6.45, 7) is 8.05. The van der Waals surface area contributed by atoms with Crippen LogP contribution in [0.15, 0.2) is 48.8 Å². The predicted octanol–water partition coefficient (Wildman–Crippen LogP) is 3.33. The third-order valence-electron chi connectivity index (χ3n) is 6.25. The van der Waals surface area contributed by atoms with Crippen molar-refractivity contribution in [3.8, 4) is 0 Å². The molecule has 0 aliphatic carbocycles. The zero-order valence-corrected chi connectivity index (χ0v) is 20.0. The number of carbonyl (C=O) groups is 3. The summed E-state index contributed by atoms with van der Waals surface area (Å²) in [5, 5.41) is 2.99. The van der Waals surface area contributed by atoms with Gasteiger partial charge in [-0.05, 0) is 44.9 Å². The minimum absolute atomic E-state index is 0.0654. The number of methoxy groups -OCH3 is 1. The van der Waals surface area contributed by atoms with E-state index in [1.165, 1.54) is 18.3 Å². The highest BCUT2D eigenvalue weighted by Gasteiger charge is 2.50. The molecule has 8 nitrogen and oxygen atoms in total. The summed E-state index contributed by atoms with van der Waals surface area (Å²) >= 11 is 0. The maximum absolute atomic E-state index is 13.9. The van der Waals surface area contributed by atoms with Crippen LogP contribution in [0.3, 0.4) is 0 Å². The van der Waals surface area contributed by atoms with E-state index in [0.717, 1.165) is 22.3 Å². The van der Waals surface area contributed by atoms with Crippen LogP contribution in [0, 0.1) is 20.8 Å². The van der Waals surface area contributed by atoms with Crippen LogP contribution in [0.2, 0.25) is 0 Å². The van der Waals surface area contributed by atoms with Crippen LogP contribution in [-0.4, -0.2) is 40.0 Å². The monoisotopic (exact) mass is 460 g/mol. The van der Waals surface area contributed by atoms with E-state index in [-0.39, 0.29) is 23.8 Å². The van der Waals surface area contributed by atoms with Crippen LogP contribution in [0.5, 0.6) is 0 Å². The standard InChI is InChI=1S/C26H28N4O4/c1-16-6-9-19(10-7-16)13-27-25(33)26(4)14-29-15-28-21(24(32)34-5)22(29)23(31)30(26)20-11-8-17(2)12-18(20)3/h6-12,15H,13-14H2,1-5H3,(H,27,33)/t26-/m0/s1. The van der Waals surface area contributed by atoms with E-state index in [1.807, 2.05) is 63.2 Å². The van der Waals surface area contributed by atoms with Gasteiger partial charge in [-0.25, -0.2) is 9.78 Å². The van der Waals surface area contributed by atoms with Gasteiger partial charge in [0, 0.05) is 12.2 Å². The molecule has 2 aromatic carbocycles. The predicted molar refractivity (Wildman–Crippen MR) is 128 cm³/mol. The number of esters is 1. The number of nitrogens with zero attached hydrogens (tertiary/aromatic N) is 3. The van der Waals surface area contributed by atoms with Crippen molar-refractivity contribution in [2.24, 2.45) is 0 Å². The molecule has 1 aliphatic heterocycles. The normalized spacial score (nSPS) is 17.3. The molecule has 2 amide bonds. The molecule has 1 aliphatic rings. The summed E-state index contributed by atoms with van der Waals surface area (Å²) in [7, 11) is 1.24. The van der Waals surface area contributed by atoms with Gasteiger partial charge in [0.15, 0.2) is 5.69 Å². The Morgan fingerprint density at radius 1 is 1.09 bits per heavy atom. The Kier molecular flexibility index (Phi) is 6.00. The van der Waals surface area contributed by atoms with E-state index in [9.17, 15) is 14.4 Å². The Bertz CT molecular complexity index is 1280. The fourth-order valence-corrected chi connectivity index (χ4v) is 4.39. The van der Waals surface area contributed by atoms with E-state index in [0.29, 0.717) is 12.2 Å². The molecule has 0 saturated heterocycles. The van der Waals surface area contributed by atoms with Crippen LogP contribution >= 0.6 is 0 Å². The van der Waals surface area contributed by atoms with Gasteiger partial charge in [0.05, 0.1) is 20.0 Å². The molecule has 3 aromatic rings. The van der Waals surface area contributed by atoms with Crippen molar-refractivity contribution in [3.05, 3.63) is 82.4 Å². The van der Waals surface area contributed by atoms with Gasteiger partial charge in [-0.1, -0.05) is 47.5 Å². The second-order valence-corrected chi connectivity index (χ2v) is 8.93. The lowest BCUT2D eigenvalue weighted by atomic mass is 9.92. The van der Waals surface area contributed by atoms with Crippen molar-refractivity contribution in [1.82, 2.24) is 14.9 Å². The van der Waals surface area contributed by atoms with Crippen molar-refractivity contribution in [1.29, 1.82) is 0 Å². The zero-order valence-electron chi connectivity index (χ0n) is 20.0. The Hall–Kier alpha value is -3.94. The highest BCUT2D eigenvalue weighted by Crippen LogP contribution is 2.36. The molecule has 2 heterocycles. The van der Waals surface area contributed by atoms with Crippen molar-refractivity contribution in [2.45, 2.75) is 46.3 Å². The number of imidazole rings is 1. The molecule has 0 spiro atoms. The van der Waals surface area contributed by atoms with Gasteiger partial charge in [0.2, 0.25) is 5.91 Å². The topological polar surface area (TPSA) is 93.5 Å². The van der Waals surface area contributed by atoms with Crippen molar-refractivity contribution in [2.75, 3.05) is 12.0 Å². The van der Waals surface area contributed by atoms with Gasteiger partial charge in [0.1, 0.15) is 11.2 Å². The molecule has 1 aromatic heterocycles. The highest BCUT2D eigenvalue weighted by atomic mass is 16.5. The van der Waals surface area contributed by atoms with Crippen molar-refractivity contribution < 1.29 is 19.1 Å².